The van der Waals surface area contributed by atoms with Crippen LogP contribution < -0.4 is 20.7 Å². The number of nitrogens with one attached hydrogen (secondary N) is 3. The number of alkyl halides is 3. The van der Waals surface area contributed by atoms with E-state index in [9.17, 15) is 27.6 Å². The van der Waals surface area contributed by atoms with Crippen LogP contribution in [0.15, 0.2) is 73.1 Å². The van der Waals surface area contributed by atoms with Gasteiger partial charge in [0.2, 0.25) is 0 Å². The number of methoxy groups -OCH3 is 2. The van der Waals surface area contributed by atoms with Crippen molar-refractivity contribution < 1.29 is 46.9 Å². The van der Waals surface area contributed by atoms with Gasteiger partial charge in [0.1, 0.15) is 17.1 Å². The number of nitrogens with zero attached hydrogens (tertiary/aromatic N) is 3. The first-order valence-electron chi connectivity index (χ1n) is 16.9. The Morgan fingerprint density at radius 3 is 1.76 bits per heavy atom. The fourth-order valence-corrected chi connectivity index (χ4v) is 5.56. The Morgan fingerprint density at radius 1 is 0.796 bits per heavy atom. The summed E-state index contributed by atoms with van der Waals surface area (Å²) >= 11 is 0. The lowest BCUT2D eigenvalue weighted by Crippen LogP contribution is -2.41. The molecule has 288 valence electrons. The third kappa shape index (κ3) is 11.8. The van der Waals surface area contributed by atoms with Gasteiger partial charge < -0.3 is 44.6 Å². The number of rotatable bonds is 12. The van der Waals surface area contributed by atoms with Crippen molar-refractivity contribution in [3.63, 3.8) is 0 Å². The SMILES string of the molecule is COc1ccc(/C=C/c2ccc(C(=O)Nc3cc(C(=O)Nc4cc(C(=O)NCCN5CCC(OC)CC5)n(C)c4)n(C)c3)cc2)cc1.O=C(O)C(F)(F)F. The average Bonchev–Trinajstić information content (AvgIpc) is 3.71. The number of hydrogen-bond acceptors (Lipinski definition) is 7. The number of aliphatic carboxylic acids is 1. The molecule has 1 aliphatic rings. The van der Waals surface area contributed by atoms with E-state index in [4.69, 9.17) is 19.4 Å². The van der Waals surface area contributed by atoms with Crippen molar-refractivity contribution in [2.45, 2.75) is 25.1 Å². The summed E-state index contributed by atoms with van der Waals surface area (Å²) in [4.78, 5) is 50.1. The van der Waals surface area contributed by atoms with Gasteiger partial charge in [-0.3, -0.25) is 14.4 Å². The summed E-state index contributed by atoms with van der Waals surface area (Å²) in [5, 5.41) is 15.8. The highest BCUT2D eigenvalue weighted by atomic mass is 19.4. The molecule has 1 fully saturated rings. The molecular weight excluding hydrogens is 709 g/mol. The monoisotopic (exact) mass is 752 g/mol. The third-order valence-corrected chi connectivity index (χ3v) is 8.57. The molecule has 3 amide bonds. The number of carbonyl (C=O) groups is 4. The number of likely N-dealkylation sites (tertiary alicyclic amines) is 1. The van der Waals surface area contributed by atoms with Gasteiger partial charge in [0, 0.05) is 65.3 Å². The zero-order valence-electron chi connectivity index (χ0n) is 30.3. The van der Waals surface area contributed by atoms with Crippen molar-refractivity contribution in [2.24, 2.45) is 14.1 Å². The van der Waals surface area contributed by atoms with E-state index in [2.05, 4.69) is 20.9 Å². The first-order valence-corrected chi connectivity index (χ1v) is 16.9. The number of carboxylic acids is 1. The van der Waals surface area contributed by atoms with Crippen LogP contribution in [0.3, 0.4) is 0 Å². The normalized spacial score (nSPS) is 13.5. The number of benzene rings is 2. The minimum absolute atomic E-state index is 0.204. The highest BCUT2D eigenvalue weighted by Gasteiger charge is 2.38. The standard InChI is InChI=1S/C36H42N6O5.C2HF3O2/c1-40-24-29(21-32(40)35(44)37-17-20-42-18-15-31(47-4)16-19-42)39-36(45)33-22-28(23-41(33)2)38-34(43)27-11-7-25(8-12-27)5-6-26-9-13-30(46-3)14-10-26;3-2(4,5)1(6)7/h5-14,21-24,31H,15-20H2,1-4H3,(H,37,44)(H,38,43)(H,39,45);(H,6,7)/b6-5+;. The molecule has 16 heteroatoms. The van der Waals surface area contributed by atoms with Crippen molar-refractivity contribution in [1.29, 1.82) is 0 Å². The molecule has 0 aliphatic carbocycles. The van der Waals surface area contributed by atoms with E-state index < -0.39 is 12.1 Å². The van der Waals surface area contributed by atoms with Gasteiger partial charge in [-0.15, -0.1) is 0 Å². The molecule has 2 aromatic heterocycles. The number of anilines is 2. The highest BCUT2D eigenvalue weighted by Crippen LogP contribution is 2.20. The van der Waals surface area contributed by atoms with Crippen LogP contribution in [0.5, 0.6) is 5.75 Å². The van der Waals surface area contributed by atoms with Crippen molar-refractivity contribution in [3.05, 3.63) is 101 Å². The van der Waals surface area contributed by atoms with Crippen LogP contribution in [0.2, 0.25) is 0 Å². The molecule has 3 heterocycles. The van der Waals surface area contributed by atoms with Crippen molar-refractivity contribution in [1.82, 2.24) is 19.4 Å². The number of halogens is 3. The predicted octanol–water partition coefficient (Wildman–Crippen LogP) is 5.52. The van der Waals surface area contributed by atoms with E-state index in [-0.39, 0.29) is 17.7 Å². The summed E-state index contributed by atoms with van der Waals surface area (Å²) in [6.07, 6.45) is 4.58. The van der Waals surface area contributed by atoms with Gasteiger partial charge in [-0.2, -0.15) is 13.2 Å². The number of amides is 3. The van der Waals surface area contributed by atoms with Crippen molar-refractivity contribution >= 4 is 47.2 Å². The van der Waals surface area contributed by atoms with Gasteiger partial charge >= 0.3 is 12.1 Å². The molecule has 0 bridgehead atoms. The van der Waals surface area contributed by atoms with E-state index in [1.807, 2.05) is 48.6 Å². The zero-order valence-corrected chi connectivity index (χ0v) is 30.3. The molecule has 4 N–H and O–H groups in total. The van der Waals surface area contributed by atoms with E-state index in [1.165, 1.54) is 0 Å². The number of hydrogen-bond donors (Lipinski definition) is 4. The van der Waals surface area contributed by atoms with Crippen LogP contribution in [-0.2, 0) is 23.6 Å². The maximum absolute atomic E-state index is 13.1. The fourth-order valence-electron chi connectivity index (χ4n) is 5.56. The van der Waals surface area contributed by atoms with Gasteiger partial charge in [-0.25, -0.2) is 4.79 Å². The van der Waals surface area contributed by atoms with Gasteiger partial charge in [0.25, 0.3) is 17.7 Å². The summed E-state index contributed by atoms with van der Waals surface area (Å²) < 4.78 is 45.7. The molecule has 0 atom stereocenters. The van der Waals surface area contributed by atoms with Gasteiger partial charge in [-0.1, -0.05) is 36.4 Å². The van der Waals surface area contributed by atoms with Crippen molar-refractivity contribution in [2.75, 3.05) is 51.0 Å². The Bertz CT molecular complexity index is 1930. The molecule has 0 spiro atoms. The molecule has 0 unspecified atom stereocenters. The molecular formula is C38H43F3N6O7. The van der Waals surface area contributed by atoms with E-state index in [1.54, 1.807) is 74.1 Å². The van der Waals surface area contributed by atoms with Gasteiger partial charge in [-0.05, 0) is 60.4 Å². The molecule has 0 radical (unpaired) electrons. The lowest BCUT2D eigenvalue weighted by molar-refractivity contribution is -0.192. The molecule has 1 aliphatic heterocycles. The summed E-state index contributed by atoms with van der Waals surface area (Å²) in [6, 6.07) is 18.3. The number of carbonyl (C=O) groups excluding carboxylic acids is 3. The lowest BCUT2D eigenvalue weighted by Gasteiger charge is -2.31. The van der Waals surface area contributed by atoms with Crippen LogP contribution in [0.25, 0.3) is 12.2 Å². The van der Waals surface area contributed by atoms with Gasteiger partial charge in [0.05, 0.1) is 24.6 Å². The van der Waals surface area contributed by atoms with E-state index in [0.717, 1.165) is 49.4 Å². The molecule has 13 nitrogen and oxygen atoms in total. The lowest BCUT2D eigenvalue weighted by atomic mass is 10.1. The highest BCUT2D eigenvalue weighted by molar-refractivity contribution is 6.07. The van der Waals surface area contributed by atoms with E-state index in [0.29, 0.717) is 41.0 Å². The number of carboxylic acid groups (broad SMARTS) is 1. The average molecular weight is 753 g/mol. The summed E-state index contributed by atoms with van der Waals surface area (Å²) in [6.45, 7) is 3.22. The Morgan fingerprint density at radius 2 is 1.28 bits per heavy atom. The minimum Gasteiger partial charge on any atom is -0.497 e. The summed E-state index contributed by atoms with van der Waals surface area (Å²) in [5.41, 5.74) is 4.27. The first-order chi connectivity index (χ1) is 25.7. The van der Waals surface area contributed by atoms with Crippen LogP contribution >= 0.6 is 0 Å². The predicted molar refractivity (Wildman–Crippen MR) is 198 cm³/mol. The molecule has 5 rings (SSSR count). The number of ether oxygens (including phenoxy) is 2. The molecule has 54 heavy (non-hydrogen) atoms. The largest absolute Gasteiger partial charge is 0.497 e. The van der Waals surface area contributed by atoms with Crippen LogP contribution in [0.1, 0.15) is 55.3 Å². The topological polar surface area (TPSA) is 156 Å². The molecule has 2 aromatic carbocycles. The second kappa shape index (κ2) is 18.8. The third-order valence-electron chi connectivity index (χ3n) is 8.57. The maximum atomic E-state index is 13.1. The van der Waals surface area contributed by atoms with Crippen LogP contribution in [0.4, 0.5) is 24.5 Å². The quantitative estimate of drug-likeness (QED) is 0.138. The fraction of sp³-hybridized carbons (Fsp3) is 0.316. The summed E-state index contributed by atoms with van der Waals surface area (Å²) in [7, 11) is 6.88. The Kier molecular flexibility index (Phi) is 14.2. The Hall–Kier alpha value is -5.87. The molecule has 4 aromatic rings. The summed E-state index contributed by atoms with van der Waals surface area (Å²) in [5.74, 6) is -2.81. The smallest absolute Gasteiger partial charge is 0.490 e. The van der Waals surface area contributed by atoms with Crippen molar-refractivity contribution in [3.8, 4) is 5.75 Å². The van der Waals surface area contributed by atoms with Crippen LogP contribution in [-0.4, -0.2) is 95.5 Å². The molecule has 1 saturated heterocycles. The molecule has 0 saturated carbocycles. The maximum Gasteiger partial charge on any atom is 0.490 e. The van der Waals surface area contributed by atoms with Gasteiger partial charge in [0.15, 0.2) is 0 Å². The van der Waals surface area contributed by atoms with Crippen LogP contribution in [0, 0.1) is 0 Å². The number of piperidine rings is 1. The second-order valence-corrected chi connectivity index (χ2v) is 12.4. The minimum atomic E-state index is -5.08. The second-order valence-electron chi connectivity index (χ2n) is 12.4. The number of aryl methyl sites for hydroxylation is 2. The van der Waals surface area contributed by atoms with E-state index >= 15 is 0 Å². The Labute approximate surface area is 310 Å². The number of aromatic nitrogens is 2. The zero-order chi connectivity index (χ0) is 39.4. The Balaban J connectivity index is 0.000000845. The first kappa shape index (κ1) is 40.9.